The first-order valence-electron chi connectivity index (χ1n) is 14.9. The zero-order chi connectivity index (χ0) is 28.0. The van der Waals surface area contributed by atoms with Gasteiger partial charge in [0.25, 0.3) is 0 Å². The number of hydrogen-bond donors (Lipinski definition) is 1. The van der Waals surface area contributed by atoms with Gasteiger partial charge >= 0.3 is 0 Å². The maximum absolute atomic E-state index is 12.9. The summed E-state index contributed by atoms with van der Waals surface area (Å²) in [5.41, 5.74) is 2.98. The quantitative estimate of drug-likeness (QED) is 0.266. The van der Waals surface area contributed by atoms with Crippen LogP contribution in [0.4, 0.5) is 0 Å². The largest absolute Gasteiger partial charge is 0.494 e. The molecule has 6 nitrogen and oxygen atoms in total. The molecule has 0 bridgehead atoms. The van der Waals surface area contributed by atoms with Gasteiger partial charge in [-0.3, -0.25) is 4.79 Å². The van der Waals surface area contributed by atoms with E-state index in [9.17, 15) is 4.79 Å². The normalized spacial score (nSPS) is 17.5. The van der Waals surface area contributed by atoms with E-state index in [1.54, 1.807) is 0 Å². The molecule has 1 aromatic heterocycles. The van der Waals surface area contributed by atoms with Gasteiger partial charge in [0, 0.05) is 42.0 Å². The number of nitrogens with one attached hydrogen (secondary N) is 1. The van der Waals surface area contributed by atoms with E-state index in [-0.39, 0.29) is 12.0 Å². The Balaban J connectivity index is 1.20. The highest BCUT2D eigenvalue weighted by atomic mass is 16.5. The van der Waals surface area contributed by atoms with E-state index in [0.29, 0.717) is 12.6 Å². The van der Waals surface area contributed by atoms with E-state index >= 15 is 0 Å². The molecule has 2 heterocycles. The standard InChI is InChI=1S/C34H43N3O3/c1-34(2,33(38)36-27-13-8-5-9-14-27)19-10-22-39-28-16-18-30-26(23-28)24-29(32-35-20-21-37(32)3)31(40-30)17-15-25-11-6-4-7-12-25/h4,6-7,11-12,16,18,20-21,23-24,27,31H,5,8-10,13-15,17,19,22H2,1-3H3,(H,36,38). The molecule has 2 aromatic carbocycles. The Hall–Kier alpha value is -3.54. The first-order chi connectivity index (χ1) is 19.4. The highest BCUT2D eigenvalue weighted by molar-refractivity contribution is 5.85. The molecule has 3 aromatic rings. The Morgan fingerprint density at radius 1 is 1.12 bits per heavy atom. The predicted molar refractivity (Wildman–Crippen MR) is 160 cm³/mol. The smallest absolute Gasteiger partial charge is 0.225 e. The molecule has 0 radical (unpaired) electrons. The lowest BCUT2D eigenvalue weighted by atomic mass is 9.85. The average Bonchev–Trinajstić information content (AvgIpc) is 3.40. The number of fused-ring (bicyclic) bond motifs is 1. The molecule has 1 saturated carbocycles. The van der Waals surface area contributed by atoms with Gasteiger partial charge in [0.2, 0.25) is 5.91 Å². The molecule has 1 aliphatic heterocycles. The Bertz CT molecular complexity index is 1300. The minimum Gasteiger partial charge on any atom is -0.494 e. The van der Waals surface area contributed by atoms with Gasteiger partial charge in [-0.1, -0.05) is 63.4 Å². The summed E-state index contributed by atoms with van der Waals surface area (Å²) in [4.78, 5) is 17.5. The van der Waals surface area contributed by atoms with Crippen LogP contribution in [0.25, 0.3) is 11.6 Å². The van der Waals surface area contributed by atoms with Crippen LogP contribution in [0.15, 0.2) is 60.9 Å². The second kappa shape index (κ2) is 12.8. The van der Waals surface area contributed by atoms with E-state index in [2.05, 4.69) is 40.6 Å². The van der Waals surface area contributed by atoms with Gasteiger partial charge in [-0.15, -0.1) is 0 Å². The number of carbonyl (C=O) groups excluding carboxylic acids is 1. The third kappa shape index (κ3) is 6.96. The number of rotatable bonds is 11. The Kier molecular flexibility index (Phi) is 8.93. The number of nitrogens with zero attached hydrogens (tertiary/aromatic N) is 2. The van der Waals surface area contributed by atoms with Crippen molar-refractivity contribution in [2.75, 3.05) is 6.61 Å². The molecule has 2 aliphatic rings. The highest BCUT2D eigenvalue weighted by Crippen LogP contribution is 2.37. The summed E-state index contributed by atoms with van der Waals surface area (Å²) in [7, 11) is 2.02. The summed E-state index contributed by atoms with van der Waals surface area (Å²) in [5.74, 6) is 2.76. The van der Waals surface area contributed by atoms with E-state index in [4.69, 9.17) is 9.47 Å². The number of amides is 1. The van der Waals surface area contributed by atoms with Crippen molar-refractivity contribution in [2.45, 2.75) is 83.8 Å². The fraction of sp³-hybridized carbons (Fsp3) is 0.471. The number of aromatic nitrogens is 2. The topological polar surface area (TPSA) is 65.4 Å². The van der Waals surface area contributed by atoms with Crippen LogP contribution in [-0.2, 0) is 18.3 Å². The van der Waals surface area contributed by atoms with Crippen molar-refractivity contribution in [2.24, 2.45) is 12.5 Å². The molecule has 1 atom stereocenters. The summed E-state index contributed by atoms with van der Waals surface area (Å²) in [5, 5.41) is 3.29. The molecule has 1 aliphatic carbocycles. The van der Waals surface area contributed by atoms with Crippen LogP contribution in [-0.4, -0.2) is 34.2 Å². The van der Waals surface area contributed by atoms with Crippen LogP contribution >= 0.6 is 0 Å². The zero-order valence-electron chi connectivity index (χ0n) is 24.2. The zero-order valence-corrected chi connectivity index (χ0v) is 24.2. The van der Waals surface area contributed by atoms with Gasteiger partial charge < -0.3 is 19.4 Å². The maximum Gasteiger partial charge on any atom is 0.225 e. The third-order valence-corrected chi connectivity index (χ3v) is 8.30. The summed E-state index contributed by atoms with van der Waals surface area (Å²) >= 11 is 0. The van der Waals surface area contributed by atoms with Gasteiger partial charge in [-0.05, 0) is 68.4 Å². The van der Waals surface area contributed by atoms with Crippen LogP contribution < -0.4 is 14.8 Å². The SMILES string of the molecule is Cn1ccnc1C1=Cc2cc(OCCCC(C)(C)C(=O)NC3CCCCC3)ccc2OC1CCc1ccccc1. The molecule has 0 saturated heterocycles. The molecule has 40 heavy (non-hydrogen) atoms. The Morgan fingerprint density at radius 2 is 1.93 bits per heavy atom. The van der Waals surface area contributed by atoms with Crippen molar-refractivity contribution in [3.63, 3.8) is 0 Å². The molecule has 1 amide bonds. The van der Waals surface area contributed by atoms with Crippen molar-refractivity contribution in [3.05, 3.63) is 77.9 Å². The average molecular weight is 542 g/mol. The molecule has 5 rings (SSSR count). The fourth-order valence-corrected chi connectivity index (χ4v) is 5.77. The van der Waals surface area contributed by atoms with Crippen molar-refractivity contribution >= 4 is 17.6 Å². The first kappa shape index (κ1) is 28.0. The molecule has 0 spiro atoms. The number of aryl methyl sites for hydroxylation is 2. The van der Waals surface area contributed by atoms with E-state index < -0.39 is 5.41 Å². The van der Waals surface area contributed by atoms with Crippen molar-refractivity contribution < 1.29 is 14.3 Å². The molecule has 1 unspecified atom stereocenters. The lowest BCUT2D eigenvalue weighted by Gasteiger charge is -2.29. The van der Waals surface area contributed by atoms with Gasteiger partial charge in [-0.2, -0.15) is 0 Å². The number of carbonyl (C=O) groups is 1. The number of benzene rings is 2. The van der Waals surface area contributed by atoms with Gasteiger partial charge in [0.1, 0.15) is 23.4 Å². The fourth-order valence-electron chi connectivity index (χ4n) is 5.77. The van der Waals surface area contributed by atoms with Gasteiger partial charge in [0.15, 0.2) is 0 Å². The lowest BCUT2D eigenvalue weighted by molar-refractivity contribution is -0.130. The van der Waals surface area contributed by atoms with Crippen LogP contribution in [0.1, 0.15) is 82.2 Å². The maximum atomic E-state index is 12.9. The lowest BCUT2D eigenvalue weighted by Crippen LogP contribution is -2.43. The van der Waals surface area contributed by atoms with Crippen molar-refractivity contribution in [1.82, 2.24) is 14.9 Å². The summed E-state index contributed by atoms with van der Waals surface area (Å²) < 4.78 is 14.7. The first-order valence-corrected chi connectivity index (χ1v) is 14.9. The number of hydrogen-bond acceptors (Lipinski definition) is 4. The Morgan fingerprint density at radius 3 is 2.67 bits per heavy atom. The minimum absolute atomic E-state index is 0.0810. The van der Waals surface area contributed by atoms with Crippen molar-refractivity contribution in [1.29, 1.82) is 0 Å². The van der Waals surface area contributed by atoms with E-state index in [1.807, 2.05) is 62.1 Å². The molecule has 212 valence electrons. The Labute approximate surface area is 238 Å². The summed E-state index contributed by atoms with van der Waals surface area (Å²) in [6, 6.07) is 16.9. The molecular formula is C34H43N3O3. The number of imidazole rings is 1. The molecule has 1 N–H and O–H groups in total. The van der Waals surface area contributed by atoms with Gasteiger partial charge in [0.05, 0.1) is 6.61 Å². The predicted octanol–water partition coefficient (Wildman–Crippen LogP) is 6.99. The third-order valence-electron chi connectivity index (χ3n) is 8.30. The molecule has 6 heteroatoms. The summed E-state index contributed by atoms with van der Waals surface area (Å²) in [6.07, 6.45) is 15.3. The van der Waals surface area contributed by atoms with Crippen molar-refractivity contribution in [3.8, 4) is 11.5 Å². The van der Waals surface area contributed by atoms with E-state index in [0.717, 1.165) is 67.0 Å². The number of ether oxygens (including phenoxy) is 2. The monoisotopic (exact) mass is 541 g/mol. The van der Waals surface area contributed by atoms with Gasteiger partial charge in [-0.25, -0.2) is 4.98 Å². The highest BCUT2D eigenvalue weighted by Gasteiger charge is 2.30. The molecular weight excluding hydrogens is 498 g/mol. The van der Waals surface area contributed by atoms with Crippen LogP contribution in [0, 0.1) is 5.41 Å². The second-order valence-electron chi connectivity index (χ2n) is 11.9. The van der Waals surface area contributed by atoms with Crippen LogP contribution in [0.5, 0.6) is 11.5 Å². The van der Waals surface area contributed by atoms with Crippen LogP contribution in [0.3, 0.4) is 0 Å². The second-order valence-corrected chi connectivity index (χ2v) is 11.9. The van der Waals surface area contributed by atoms with E-state index in [1.165, 1.54) is 24.8 Å². The molecule has 1 fully saturated rings. The minimum atomic E-state index is -0.404. The van der Waals surface area contributed by atoms with Crippen LogP contribution in [0.2, 0.25) is 0 Å². The summed E-state index contributed by atoms with van der Waals surface area (Å²) in [6.45, 7) is 4.65.